The second-order valence-electron chi connectivity index (χ2n) is 10.2. The van der Waals surface area contributed by atoms with E-state index in [1.165, 1.54) is 0 Å². The molecular weight excluding hydrogens is 453 g/mol. The minimum absolute atomic E-state index is 0.0309. The van der Waals surface area contributed by atoms with Crippen LogP contribution < -0.4 is 0 Å². The Hall–Kier alpha value is -1.81. The number of allylic oxidation sites excluding steroid dienone is 1. The summed E-state index contributed by atoms with van der Waals surface area (Å²) >= 11 is 12.6. The largest absolute Gasteiger partial charge is 0.390 e. The molecule has 0 aromatic heterocycles. The molecule has 2 aromatic rings. The number of carbonyl (C=O) groups excluding carboxylic acids is 1. The van der Waals surface area contributed by atoms with Gasteiger partial charge in [-0.1, -0.05) is 67.4 Å². The van der Waals surface area contributed by atoms with Crippen molar-refractivity contribution in [1.82, 2.24) is 4.90 Å². The summed E-state index contributed by atoms with van der Waals surface area (Å²) in [5.41, 5.74) is 0.648. The van der Waals surface area contributed by atoms with Crippen molar-refractivity contribution in [2.45, 2.75) is 77.0 Å². The number of hydrogen-bond acceptors (Lipinski definition) is 2. The zero-order valence-corrected chi connectivity index (χ0v) is 21.5. The molecule has 2 aromatic carbocycles. The molecule has 3 nitrogen and oxygen atoms in total. The van der Waals surface area contributed by atoms with Gasteiger partial charge in [-0.25, -0.2) is 0 Å². The van der Waals surface area contributed by atoms with Gasteiger partial charge in [-0.15, -0.1) is 6.58 Å². The summed E-state index contributed by atoms with van der Waals surface area (Å²) < 4.78 is 0. The molecule has 0 bridgehead atoms. The van der Waals surface area contributed by atoms with Gasteiger partial charge in [0.1, 0.15) is 0 Å². The molecule has 0 radical (unpaired) electrons. The third kappa shape index (κ3) is 5.82. The fourth-order valence-corrected chi connectivity index (χ4v) is 5.63. The van der Waals surface area contributed by atoms with Crippen molar-refractivity contribution in [3.05, 3.63) is 82.4 Å². The molecule has 1 saturated heterocycles. The number of hydrogen-bond donors (Lipinski definition) is 1. The van der Waals surface area contributed by atoms with E-state index < -0.39 is 11.0 Å². The van der Waals surface area contributed by atoms with E-state index >= 15 is 0 Å². The van der Waals surface area contributed by atoms with E-state index in [-0.39, 0.29) is 23.9 Å². The van der Waals surface area contributed by atoms with Gasteiger partial charge >= 0.3 is 0 Å². The second-order valence-corrected chi connectivity index (χ2v) is 11.1. The maximum atomic E-state index is 14.2. The van der Waals surface area contributed by atoms with Gasteiger partial charge in [0.05, 0.1) is 17.1 Å². The van der Waals surface area contributed by atoms with Gasteiger partial charge < -0.3 is 10.0 Å². The van der Waals surface area contributed by atoms with E-state index in [2.05, 4.69) is 19.6 Å². The molecule has 1 N–H and O–H groups in total. The predicted molar refractivity (Wildman–Crippen MR) is 138 cm³/mol. The van der Waals surface area contributed by atoms with Crippen molar-refractivity contribution >= 4 is 29.1 Å². The van der Waals surface area contributed by atoms with E-state index in [1.807, 2.05) is 60.4 Å². The molecule has 1 heterocycles. The van der Waals surface area contributed by atoms with Crippen LogP contribution in [0, 0.1) is 5.41 Å². The van der Waals surface area contributed by atoms with Crippen molar-refractivity contribution in [2.24, 2.45) is 5.41 Å². The SMILES string of the molecule is C=CC[C@@]1(C)C[C@H](c2cccc(Cl)c2)C(c2ccc(Cl)cc2)N(C(CC)CC(C)(C)O)C1=O. The fraction of sp³-hybridized carbons (Fsp3) is 0.464. The van der Waals surface area contributed by atoms with Gasteiger partial charge in [0.15, 0.2) is 0 Å². The topological polar surface area (TPSA) is 40.5 Å². The molecule has 0 spiro atoms. The number of halogens is 2. The van der Waals surface area contributed by atoms with Gasteiger partial charge in [-0.3, -0.25) is 4.79 Å². The van der Waals surface area contributed by atoms with Crippen molar-refractivity contribution < 1.29 is 9.90 Å². The van der Waals surface area contributed by atoms with Gasteiger partial charge in [0.25, 0.3) is 0 Å². The number of aliphatic hydroxyl groups is 1. The first-order valence-corrected chi connectivity index (χ1v) is 12.4. The smallest absolute Gasteiger partial charge is 0.229 e. The third-order valence-corrected chi connectivity index (χ3v) is 7.27. The average Bonchev–Trinajstić information content (AvgIpc) is 2.74. The van der Waals surface area contributed by atoms with Crippen LogP contribution in [-0.2, 0) is 4.79 Å². The Morgan fingerprint density at radius 3 is 2.39 bits per heavy atom. The Morgan fingerprint density at radius 1 is 1.18 bits per heavy atom. The minimum atomic E-state index is -0.899. The summed E-state index contributed by atoms with van der Waals surface area (Å²) in [5, 5.41) is 12.0. The van der Waals surface area contributed by atoms with Crippen LogP contribution >= 0.6 is 23.2 Å². The van der Waals surface area contributed by atoms with Crippen molar-refractivity contribution in [3.63, 3.8) is 0 Å². The summed E-state index contributed by atoms with van der Waals surface area (Å²) in [5.74, 6) is 0.139. The number of benzene rings is 2. The predicted octanol–water partition coefficient (Wildman–Crippen LogP) is 7.57. The van der Waals surface area contributed by atoms with Crippen molar-refractivity contribution in [1.29, 1.82) is 0 Å². The number of rotatable bonds is 8. The van der Waals surface area contributed by atoms with Crippen LogP contribution in [-0.4, -0.2) is 27.6 Å². The van der Waals surface area contributed by atoms with Crippen LogP contribution in [0.4, 0.5) is 0 Å². The summed E-state index contributed by atoms with van der Waals surface area (Å²) in [6, 6.07) is 15.4. The van der Waals surface area contributed by atoms with Crippen LogP contribution in [0.1, 0.15) is 76.5 Å². The summed E-state index contributed by atoms with van der Waals surface area (Å²) in [7, 11) is 0. The zero-order valence-electron chi connectivity index (χ0n) is 20.0. The van der Waals surface area contributed by atoms with E-state index in [4.69, 9.17) is 23.2 Å². The molecule has 0 saturated carbocycles. The summed E-state index contributed by atoms with van der Waals surface area (Å²) in [6.45, 7) is 11.7. The lowest BCUT2D eigenvalue weighted by atomic mass is 9.66. The van der Waals surface area contributed by atoms with Crippen LogP contribution in [0.2, 0.25) is 10.0 Å². The molecule has 1 amide bonds. The van der Waals surface area contributed by atoms with Gasteiger partial charge in [-0.2, -0.15) is 0 Å². The number of amides is 1. The van der Waals surface area contributed by atoms with E-state index in [1.54, 1.807) is 13.8 Å². The highest BCUT2D eigenvalue weighted by molar-refractivity contribution is 6.30. The van der Waals surface area contributed by atoms with Gasteiger partial charge in [0.2, 0.25) is 5.91 Å². The number of nitrogens with zero attached hydrogens (tertiary/aromatic N) is 1. The highest BCUT2D eigenvalue weighted by Gasteiger charge is 2.51. The van der Waals surface area contributed by atoms with Crippen LogP contribution in [0.3, 0.4) is 0 Å². The molecule has 1 aliphatic heterocycles. The van der Waals surface area contributed by atoms with E-state index in [0.717, 1.165) is 17.5 Å². The first-order chi connectivity index (χ1) is 15.5. The van der Waals surface area contributed by atoms with E-state index in [0.29, 0.717) is 29.3 Å². The maximum Gasteiger partial charge on any atom is 0.229 e. The molecule has 1 fully saturated rings. The fourth-order valence-electron chi connectivity index (χ4n) is 5.30. The maximum absolute atomic E-state index is 14.2. The molecular formula is C28H35Cl2NO2. The Morgan fingerprint density at radius 2 is 1.85 bits per heavy atom. The molecule has 2 unspecified atom stereocenters. The van der Waals surface area contributed by atoms with Gasteiger partial charge in [-0.05, 0) is 74.9 Å². The Kier molecular flexibility index (Phi) is 7.99. The Bertz CT molecular complexity index is 982. The first kappa shape index (κ1) is 25.8. The summed E-state index contributed by atoms with van der Waals surface area (Å²) in [4.78, 5) is 16.2. The second kappa shape index (κ2) is 10.2. The highest BCUT2D eigenvalue weighted by atomic mass is 35.5. The average molecular weight is 488 g/mol. The normalized spacial score (nSPS) is 24.6. The standard InChI is InChI=1S/C28H35Cl2NO2/c1-6-15-28(5)18-24(20-9-8-10-22(30)16-20)25(19-11-13-21(29)14-12-19)31(26(28)32)23(7-2)17-27(3,4)33/h6,8-14,16,23-25,33H,1,7,15,17-18H2,2-5H3/t23?,24-,25?,28+/m1/s1. The molecule has 5 heteroatoms. The molecule has 0 aliphatic carbocycles. The lowest BCUT2D eigenvalue weighted by molar-refractivity contribution is -0.156. The lowest BCUT2D eigenvalue weighted by Gasteiger charge is -2.52. The first-order valence-electron chi connectivity index (χ1n) is 11.7. The number of piperidine rings is 1. The molecule has 1 aliphatic rings. The van der Waals surface area contributed by atoms with Crippen molar-refractivity contribution in [2.75, 3.05) is 0 Å². The minimum Gasteiger partial charge on any atom is -0.390 e. The molecule has 3 rings (SSSR count). The van der Waals surface area contributed by atoms with Crippen LogP contribution in [0.5, 0.6) is 0 Å². The Labute approximate surface area is 208 Å². The quantitative estimate of drug-likeness (QED) is 0.389. The highest BCUT2D eigenvalue weighted by Crippen LogP contribution is 2.52. The molecule has 4 atom stereocenters. The zero-order chi connectivity index (χ0) is 24.4. The number of carbonyl (C=O) groups is 1. The number of likely N-dealkylation sites (tertiary alicyclic amines) is 1. The Balaban J connectivity index is 2.23. The van der Waals surface area contributed by atoms with Crippen molar-refractivity contribution in [3.8, 4) is 0 Å². The van der Waals surface area contributed by atoms with E-state index in [9.17, 15) is 9.90 Å². The third-order valence-electron chi connectivity index (χ3n) is 6.79. The van der Waals surface area contributed by atoms with Crippen LogP contribution in [0.25, 0.3) is 0 Å². The van der Waals surface area contributed by atoms with Gasteiger partial charge in [0, 0.05) is 22.0 Å². The molecule has 33 heavy (non-hydrogen) atoms. The lowest BCUT2D eigenvalue weighted by Crippen LogP contribution is -2.56. The van der Waals surface area contributed by atoms with Crippen LogP contribution in [0.15, 0.2) is 61.2 Å². The summed E-state index contributed by atoms with van der Waals surface area (Å²) in [6.07, 6.45) is 4.34. The molecule has 178 valence electrons. The monoisotopic (exact) mass is 487 g/mol.